The van der Waals surface area contributed by atoms with Gasteiger partial charge in [-0.1, -0.05) is 30.3 Å². The standard InChI is InChI=1S/C6H7P.Au.ClHO4/c7-6-4-2-1-3-5-6;;2-1(3,4)5/h1-5H,7H2;;(H,2,3,4,5)/q;+1;/p-1. The van der Waals surface area contributed by atoms with Crippen molar-refractivity contribution in [3.8, 4) is 0 Å². The van der Waals surface area contributed by atoms with Crippen molar-refractivity contribution in [2.75, 3.05) is 0 Å². The van der Waals surface area contributed by atoms with Crippen LogP contribution in [-0.4, -0.2) is 0 Å². The van der Waals surface area contributed by atoms with Gasteiger partial charge in [-0.15, -0.1) is 19.5 Å². The number of rotatable bonds is 0. The molecule has 0 saturated heterocycles. The van der Waals surface area contributed by atoms with E-state index in [1.807, 2.05) is 30.3 Å². The summed E-state index contributed by atoms with van der Waals surface area (Å²) >= 11 is 0. The average Bonchev–Trinajstić information content (AvgIpc) is 1.85. The summed E-state index contributed by atoms with van der Waals surface area (Å²) in [7, 11) is -2.32. The molecule has 0 aliphatic rings. The van der Waals surface area contributed by atoms with Crippen LogP contribution in [0.3, 0.4) is 0 Å². The number of hydrogen-bond acceptors (Lipinski definition) is 4. The first-order valence-electron chi connectivity index (χ1n) is 2.82. The summed E-state index contributed by atoms with van der Waals surface area (Å²) in [5.74, 6) is 0. The van der Waals surface area contributed by atoms with Crippen LogP contribution in [0, 0.1) is 10.2 Å². The SMILES string of the molecule is Pc1ccccc1.[Au+].[O-][Cl+3]([O-])([O-])[O-]. The molecule has 0 fully saturated rings. The van der Waals surface area contributed by atoms with Crippen LogP contribution < -0.4 is 23.9 Å². The molecular formula is C6H7AuClO4P. The molecule has 1 rings (SSSR count). The second-order valence-electron chi connectivity index (χ2n) is 1.79. The van der Waals surface area contributed by atoms with Gasteiger partial charge in [-0.2, -0.15) is 0 Å². The summed E-state index contributed by atoms with van der Waals surface area (Å²) in [4.78, 5) is 0. The molecule has 0 aliphatic heterocycles. The summed E-state index contributed by atoms with van der Waals surface area (Å²) in [5.41, 5.74) is 0. The third kappa shape index (κ3) is 19.1. The molecule has 1 aromatic carbocycles. The molecule has 1 unspecified atom stereocenters. The maximum atomic E-state index is 8.49. The maximum Gasteiger partial charge on any atom is 1.00 e. The first-order chi connectivity index (χ1) is 5.39. The Morgan fingerprint density at radius 2 is 1.23 bits per heavy atom. The zero-order valence-electron chi connectivity index (χ0n) is 6.28. The van der Waals surface area contributed by atoms with Crippen LogP contribution in [0.1, 0.15) is 0 Å². The quantitative estimate of drug-likeness (QED) is 0.329. The maximum absolute atomic E-state index is 8.49. The van der Waals surface area contributed by atoms with Gasteiger partial charge in [-0.05, 0) is 5.30 Å². The zero-order chi connectivity index (χ0) is 9.61. The van der Waals surface area contributed by atoms with Crippen molar-refractivity contribution >= 4 is 14.5 Å². The van der Waals surface area contributed by atoms with Crippen molar-refractivity contribution in [2.45, 2.75) is 0 Å². The third-order valence-corrected chi connectivity index (χ3v) is 1.18. The van der Waals surface area contributed by atoms with Crippen LogP contribution >= 0.6 is 9.24 Å². The van der Waals surface area contributed by atoms with E-state index >= 15 is 0 Å². The van der Waals surface area contributed by atoms with Gasteiger partial charge in [0.1, 0.15) is 0 Å². The van der Waals surface area contributed by atoms with Gasteiger partial charge in [0.05, 0.1) is 0 Å². The van der Waals surface area contributed by atoms with Gasteiger partial charge in [0, 0.05) is 0 Å². The molecule has 0 aromatic heterocycles. The van der Waals surface area contributed by atoms with E-state index in [1.54, 1.807) is 0 Å². The van der Waals surface area contributed by atoms with E-state index in [-0.39, 0.29) is 22.4 Å². The molecule has 1 aromatic rings. The summed E-state index contributed by atoms with van der Waals surface area (Å²) < 4.78 is 34.0. The van der Waals surface area contributed by atoms with Gasteiger partial charge in [-0.3, -0.25) is 0 Å². The van der Waals surface area contributed by atoms with Crippen LogP contribution in [0.2, 0.25) is 0 Å². The number of benzene rings is 1. The summed E-state index contributed by atoms with van der Waals surface area (Å²) in [6, 6.07) is 10.1. The van der Waals surface area contributed by atoms with Gasteiger partial charge in [0.25, 0.3) is 0 Å². The first kappa shape index (κ1) is 16.0. The molecular weight excluding hydrogens is 399 g/mol. The summed E-state index contributed by atoms with van der Waals surface area (Å²) in [5, 5.41) is 1.24. The molecule has 7 heteroatoms. The van der Waals surface area contributed by atoms with Crippen molar-refractivity contribution in [3.05, 3.63) is 30.3 Å². The molecule has 0 saturated carbocycles. The van der Waals surface area contributed by atoms with E-state index in [0.717, 1.165) is 0 Å². The molecule has 13 heavy (non-hydrogen) atoms. The van der Waals surface area contributed by atoms with Crippen molar-refractivity contribution in [3.63, 3.8) is 0 Å². The Balaban J connectivity index is 0. The van der Waals surface area contributed by atoms with Crippen molar-refractivity contribution < 1.29 is 51.3 Å². The van der Waals surface area contributed by atoms with Crippen molar-refractivity contribution in [1.29, 1.82) is 0 Å². The monoisotopic (exact) mass is 406 g/mol. The molecule has 78 valence electrons. The average molecular weight is 407 g/mol. The van der Waals surface area contributed by atoms with E-state index in [2.05, 4.69) is 9.24 Å². The van der Waals surface area contributed by atoms with Crippen LogP contribution in [0.25, 0.3) is 0 Å². The fourth-order valence-electron chi connectivity index (χ4n) is 0.453. The molecule has 0 N–H and O–H groups in total. The van der Waals surface area contributed by atoms with Gasteiger partial charge in [-0.25, -0.2) is 18.6 Å². The van der Waals surface area contributed by atoms with Gasteiger partial charge >= 0.3 is 22.4 Å². The predicted molar refractivity (Wildman–Crippen MR) is 35.8 cm³/mol. The minimum absolute atomic E-state index is 0. The Kier molecular flexibility index (Phi) is 9.68. The second-order valence-corrected chi connectivity index (χ2v) is 3.21. The fraction of sp³-hybridized carbons (Fsp3) is 0. The minimum atomic E-state index is -4.94. The van der Waals surface area contributed by atoms with Gasteiger partial charge in [0.15, 0.2) is 0 Å². The molecule has 4 nitrogen and oxygen atoms in total. The van der Waals surface area contributed by atoms with E-state index in [9.17, 15) is 0 Å². The van der Waals surface area contributed by atoms with Crippen LogP contribution in [-0.2, 0) is 22.4 Å². The second kappa shape index (κ2) is 7.88. The molecule has 0 heterocycles. The van der Waals surface area contributed by atoms with E-state index in [4.69, 9.17) is 18.6 Å². The van der Waals surface area contributed by atoms with Crippen LogP contribution in [0.15, 0.2) is 30.3 Å². The van der Waals surface area contributed by atoms with Gasteiger partial charge in [0.2, 0.25) is 0 Å². The van der Waals surface area contributed by atoms with Crippen molar-refractivity contribution in [1.82, 2.24) is 0 Å². The molecule has 0 spiro atoms. The van der Waals surface area contributed by atoms with E-state index < -0.39 is 10.2 Å². The Morgan fingerprint density at radius 3 is 1.38 bits per heavy atom. The zero-order valence-corrected chi connectivity index (χ0v) is 10.4. The minimum Gasteiger partial charge on any atom is -0.222 e. The predicted octanol–water partition coefficient (Wildman–Crippen LogP) is -3.57. The molecule has 1 atom stereocenters. The Morgan fingerprint density at radius 1 is 0.923 bits per heavy atom. The Hall–Kier alpha value is 0.520. The topological polar surface area (TPSA) is 92.2 Å². The smallest absolute Gasteiger partial charge is 0.222 e. The Labute approximate surface area is 96.0 Å². The van der Waals surface area contributed by atoms with Crippen LogP contribution in [0.4, 0.5) is 0 Å². The van der Waals surface area contributed by atoms with Gasteiger partial charge < -0.3 is 0 Å². The number of hydrogen-bond donors (Lipinski definition) is 0. The van der Waals surface area contributed by atoms with E-state index in [0.29, 0.717) is 0 Å². The molecule has 0 amide bonds. The normalized spacial score (nSPS) is 9.31. The largest absolute Gasteiger partial charge is 1.00 e. The first-order valence-corrected chi connectivity index (χ1v) is 4.63. The fourth-order valence-corrected chi connectivity index (χ4v) is 0.675. The van der Waals surface area contributed by atoms with E-state index in [1.165, 1.54) is 5.30 Å². The summed E-state index contributed by atoms with van der Waals surface area (Å²) in [6.45, 7) is 0. The molecule has 0 radical (unpaired) electrons. The van der Waals surface area contributed by atoms with Crippen molar-refractivity contribution in [2.24, 2.45) is 0 Å². The molecule has 0 aliphatic carbocycles. The third-order valence-electron chi connectivity index (χ3n) is 0.800. The molecule has 0 bridgehead atoms. The van der Waals surface area contributed by atoms with Crippen LogP contribution in [0.5, 0.6) is 0 Å². The summed E-state index contributed by atoms with van der Waals surface area (Å²) in [6.07, 6.45) is 0. The Bertz CT molecular complexity index is 210. The number of halogens is 1.